The summed E-state index contributed by atoms with van der Waals surface area (Å²) >= 11 is 12.0. The van der Waals surface area contributed by atoms with Crippen molar-refractivity contribution in [3.05, 3.63) is 58.1 Å². The Morgan fingerprint density at radius 2 is 1.78 bits per heavy atom. The molecule has 2 amide bonds. The highest BCUT2D eigenvalue weighted by Gasteiger charge is 2.19. The molecule has 0 unspecified atom stereocenters. The Morgan fingerprint density at radius 3 is 2.37 bits per heavy atom. The Balaban J connectivity index is 2.10. The summed E-state index contributed by atoms with van der Waals surface area (Å²) < 4.78 is 29.0. The molecule has 0 bridgehead atoms. The number of anilines is 1. The number of hydrogen-bond donors (Lipinski definition) is 1. The van der Waals surface area contributed by atoms with Crippen LogP contribution in [0, 0.1) is 0 Å². The Labute approximate surface area is 164 Å². The van der Waals surface area contributed by atoms with Crippen molar-refractivity contribution in [2.24, 2.45) is 0 Å². The lowest BCUT2D eigenvalue weighted by Crippen LogP contribution is -2.38. The van der Waals surface area contributed by atoms with E-state index in [0.717, 1.165) is 0 Å². The van der Waals surface area contributed by atoms with Gasteiger partial charge in [-0.2, -0.15) is 8.78 Å². The summed E-state index contributed by atoms with van der Waals surface area (Å²) in [5.74, 6) is -1.14. The summed E-state index contributed by atoms with van der Waals surface area (Å²) in [5.41, 5.74) is 0.375. The topological polar surface area (TPSA) is 58.6 Å². The number of halogens is 4. The number of benzene rings is 2. The van der Waals surface area contributed by atoms with Crippen LogP contribution in [0.3, 0.4) is 0 Å². The zero-order valence-electron chi connectivity index (χ0n) is 14.2. The van der Waals surface area contributed by atoms with Gasteiger partial charge in [0.05, 0.1) is 15.7 Å². The smallest absolute Gasteiger partial charge is 0.387 e. The lowest BCUT2D eigenvalue weighted by atomic mass is 10.2. The first kappa shape index (κ1) is 20.9. The maximum Gasteiger partial charge on any atom is 0.387 e. The number of carbonyl (C=O) groups excluding carboxylic acids is 2. The van der Waals surface area contributed by atoms with Crippen LogP contribution >= 0.6 is 23.2 Å². The number of ether oxygens (including phenoxy) is 1. The van der Waals surface area contributed by atoms with Gasteiger partial charge in [-0.3, -0.25) is 9.59 Å². The molecule has 9 heteroatoms. The van der Waals surface area contributed by atoms with Crippen molar-refractivity contribution in [1.82, 2.24) is 4.90 Å². The average molecular weight is 417 g/mol. The number of carbonyl (C=O) groups is 2. The third kappa shape index (κ3) is 5.80. The quantitative estimate of drug-likeness (QED) is 0.711. The van der Waals surface area contributed by atoms with Gasteiger partial charge >= 0.3 is 6.61 Å². The lowest BCUT2D eigenvalue weighted by Gasteiger charge is -2.21. The fourth-order valence-corrected chi connectivity index (χ4v) is 2.78. The lowest BCUT2D eigenvalue weighted by molar-refractivity contribution is -0.116. The van der Waals surface area contributed by atoms with E-state index in [4.69, 9.17) is 23.2 Å². The van der Waals surface area contributed by atoms with Gasteiger partial charge in [-0.15, -0.1) is 0 Å². The molecule has 0 spiro atoms. The Kier molecular flexibility index (Phi) is 7.38. The van der Waals surface area contributed by atoms with Gasteiger partial charge in [-0.05, 0) is 37.3 Å². The van der Waals surface area contributed by atoms with Crippen LogP contribution < -0.4 is 10.1 Å². The molecule has 0 radical (unpaired) electrons. The predicted octanol–water partition coefficient (Wildman–Crippen LogP) is 4.70. The van der Waals surface area contributed by atoms with E-state index in [9.17, 15) is 18.4 Å². The second-order valence-corrected chi connectivity index (χ2v) is 6.18. The number of hydrogen-bond acceptors (Lipinski definition) is 3. The molecule has 2 aromatic rings. The van der Waals surface area contributed by atoms with E-state index in [1.54, 1.807) is 25.1 Å². The molecular weight excluding hydrogens is 401 g/mol. The number of para-hydroxylation sites is 1. The van der Waals surface area contributed by atoms with E-state index in [-0.39, 0.29) is 40.1 Å². The zero-order valence-corrected chi connectivity index (χ0v) is 15.7. The minimum Gasteiger partial charge on any atom is -0.435 e. The Bertz CT molecular complexity index is 814. The molecule has 0 saturated heterocycles. The fraction of sp³-hybridized carbons (Fsp3) is 0.222. The second kappa shape index (κ2) is 9.53. The van der Waals surface area contributed by atoms with E-state index in [2.05, 4.69) is 10.1 Å². The van der Waals surface area contributed by atoms with Crippen LogP contribution in [0.15, 0.2) is 42.5 Å². The van der Waals surface area contributed by atoms with Gasteiger partial charge in [0.1, 0.15) is 12.3 Å². The summed E-state index contributed by atoms with van der Waals surface area (Å²) in [7, 11) is 0. The fourth-order valence-electron chi connectivity index (χ4n) is 2.28. The first-order chi connectivity index (χ1) is 12.8. The molecular formula is C18H16Cl2F2N2O3. The van der Waals surface area contributed by atoms with Gasteiger partial charge < -0.3 is 15.0 Å². The normalized spacial score (nSPS) is 10.6. The number of likely N-dealkylation sites (N-methyl/N-ethyl adjacent to an activating group) is 1. The minimum absolute atomic E-state index is 0.124. The summed E-state index contributed by atoms with van der Waals surface area (Å²) in [4.78, 5) is 26.1. The van der Waals surface area contributed by atoms with Crippen LogP contribution in [0.5, 0.6) is 5.75 Å². The molecule has 2 rings (SSSR count). The maximum absolute atomic E-state index is 12.6. The predicted molar refractivity (Wildman–Crippen MR) is 99.7 cm³/mol. The van der Waals surface area contributed by atoms with E-state index in [1.165, 1.54) is 29.2 Å². The Morgan fingerprint density at radius 1 is 1.15 bits per heavy atom. The second-order valence-electron chi connectivity index (χ2n) is 5.37. The Hall–Kier alpha value is -2.38. The third-order valence-electron chi connectivity index (χ3n) is 3.54. The number of rotatable bonds is 7. The largest absolute Gasteiger partial charge is 0.435 e. The average Bonchev–Trinajstić information content (AvgIpc) is 2.62. The van der Waals surface area contributed by atoms with Crippen molar-refractivity contribution in [2.75, 3.05) is 18.4 Å². The van der Waals surface area contributed by atoms with E-state index < -0.39 is 18.4 Å². The molecule has 0 aliphatic carbocycles. The third-order valence-corrected chi connectivity index (χ3v) is 4.17. The summed E-state index contributed by atoms with van der Waals surface area (Å²) in [6.07, 6.45) is 0. The van der Waals surface area contributed by atoms with Crippen molar-refractivity contribution < 1.29 is 23.1 Å². The number of nitrogens with zero attached hydrogens (tertiary/aromatic N) is 1. The summed E-state index contributed by atoms with van der Waals surface area (Å²) in [5, 5.41) is 3.10. The molecule has 0 aromatic heterocycles. The summed E-state index contributed by atoms with van der Waals surface area (Å²) in [6, 6.07) is 10.1. The number of amides is 2. The van der Waals surface area contributed by atoms with Crippen LogP contribution in [-0.2, 0) is 4.79 Å². The molecule has 0 aliphatic heterocycles. The highest BCUT2D eigenvalue weighted by atomic mass is 35.5. The minimum atomic E-state index is -3.00. The maximum atomic E-state index is 12.6. The van der Waals surface area contributed by atoms with E-state index in [0.29, 0.717) is 0 Å². The van der Waals surface area contributed by atoms with Crippen molar-refractivity contribution in [2.45, 2.75) is 13.5 Å². The number of nitrogens with one attached hydrogen (secondary N) is 1. The van der Waals surface area contributed by atoms with E-state index >= 15 is 0 Å². The van der Waals surface area contributed by atoms with Gasteiger partial charge in [0.15, 0.2) is 0 Å². The summed E-state index contributed by atoms with van der Waals surface area (Å²) in [6.45, 7) is -1.35. The van der Waals surface area contributed by atoms with Crippen LogP contribution in [0.4, 0.5) is 14.5 Å². The van der Waals surface area contributed by atoms with Gasteiger partial charge in [0.25, 0.3) is 5.91 Å². The van der Waals surface area contributed by atoms with Crippen LogP contribution in [0.2, 0.25) is 10.0 Å². The standard InChI is InChI=1S/C18H16Cl2F2N2O3/c1-2-24(10-15(25)23-16-13(19)7-4-8-14(16)20)17(26)11-5-3-6-12(9-11)27-18(21)22/h3-9,18H,2,10H2,1H3,(H,23,25). The van der Waals surface area contributed by atoms with Crippen LogP contribution in [0.1, 0.15) is 17.3 Å². The molecule has 27 heavy (non-hydrogen) atoms. The van der Waals surface area contributed by atoms with E-state index in [1.807, 2.05) is 0 Å². The van der Waals surface area contributed by atoms with Gasteiger partial charge in [-0.1, -0.05) is 35.3 Å². The SMILES string of the molecule is CCN(CC(=O)Nc1c(Cl)cccc1Cl)C(=O)c1cccc(OC(F)F)c1. The number of alkyl halides is 2. The highest BCUT2D eigenvalue weighted by Crippen LogP contribution is 2.29. The molecule has 1 N–H and O–H groups in total. The van der Waals surface area contributed by atoms with Crippen molar-refractivity contribution >= 4 is 40.7 Å². The monoisotopic (exact) mass is 416 g/mol. The van der Waals surface area contributed by atoms with Gasteiger partial charge in [0.2, 0.25) is 5.91 Å². The van der Waals surface area contributed by atoms with Crippen molar-refractivity contribution in [3.63, 3.8) is 0 Å². The molecule has 0 fully saturated rings. The molecule has 0 aliphatic rings. The molecule has 5 nitrogen and oxygen atoms in total. The molecule has 144 valence electrons. The zero-order chi connectivity index (χ0) is 20.0. The molecule has 0 atom stereocenters. The molecule has 2 aromatic carbocycles. The molecule has 0 saturated carbocycles. The van der Waals surface area contributed by atoms with Crippen molar-refractivity contribution in [1.29, 1.82) is 0 Å². The molecule has 0 heterocycles. The first-order valence-electron chi connectivity index (χ1n) is 7.89. The van der Waals surface area contributed by atoms with Gasteiger partial charge in [-0.25, -0.2) is 0 Å². The highest BCUT2D eigenvalue weighted by molar-refractivity contribution is 6.39. The van der Waals surface area contributed by atoms with Crippen molar-refractivity contribution in [3.8, 4) is 5.75 Å². The van der Waals surface area contributed by atoms with Crippen LogP contribution in [-0.4, -0.2) is 36.4 Å². The first-order valence-corrected chi connectivity index (χ1v) is 8.65. The van der Waals surface area contributed by atoms with Gasteiger partial charge in [0, 0.05) is 12.1 Å². The van der Waals surface area contributed by atoms with Crippen LogP contribution in [0.25, 0.3) is 0 Å².